The Balaban J connectivity index is 1.97. The first-order valence-corrected chi connectivity index (χ1v) is 13.2. The number of carbonyl (C=O) groups excluding carboxylic acids is 2. The van der Waals surface area contributed by atoms with Crippen LogP contribution in [0.3, 0.4) is 0 Å². The Morgan fingerprint density at radius 1 is 1.21 bits per heavy atom. The van der Waals surface area contributed by atoms with E-state index in [2.05, 4.69) is 4.72 Å². The lowest BCUT2D eigenvalue weighted by Gasteiger charge is -2.39. The molecule has 1 saturated carbocycles. The molecule has 0 saturated heterocycles. The summed E-state index contributed by atoms with van der Waals surface area (Å²) in [6, 6.07) is 4.37. The predicted molar refractivity (Wildman–Crippen MR) is 126 cm³/mol. The highest BCUT2D eigenvalue weighted by Crippen LogP contribution is 2.31. The monoisotopic (exact) mass is 481 g/mol. The summed E-state index contributed by atoms with van der Waals surface area (Å²) in [6.07, 6.45) is 3.70. The highest BCUT2D eigenvalue weighted by atomic mass is 32.2. The molecule has 1 N–H and O–H groups in total. The third-order valence-electron chi connectivity index (χ3n) is 6.49. The topological polar surface area (TPSA) is 105 Å². The second kappa shape index (κ2) is 10.3. The van der Waals surface area contributed by atoms with E-state index in [4.69, 9.17) is 9.47 Å². The second-order valence-corrected chi connectivity index (χ2v) is 11.0. The molecule has 0 spiro atoms. The van der Waals surface area contributed by atoms with E-state index in [1.165, 1.54) is 12.1 Å². The fourth-order valence-electron chi connectivity index (χ4n) is 4.25. The number of methoxy groups -OCH3 is 1. The van der Waals surface area contributed by atoms with E-state index in [0.29, 0.717) is 24.3 Å². The van der Waals surface area contributed by atoms with Crippen molar-refractivity contribution in [1.82, 2.24) is 9.80 Å². The van der Waals surface area contributed by atoms with Gasteiger partial charge in [-0.1, -0.05) is 13.3 Å². The highest BCUT2D eigenvalue weighted by Gasteiger charge is 2.35. The molecule has 1 aromatic rings. The number of carbonyl (C=O) groups is 2. The van der Waals surface area contributed by atoms with Crippen LogP contribution in [0.1, 0.15) is 43.5 Å². The van der Waals surface area contributed by atoms with Gasteiger partial charge in [-0.3, -0.25) is 14.3 Å². The summed E-state index contributed by atoms with van der Waals surface area (Å²) in [7, 11) is -0.180. The van der Waals surface area contributed by atoms with Crippen LogP contribution in [0.15, 0.2) is 18.2 Å². The Kier molecular flexibility index (Phi) is 7.89. The van der Waals surface area contributed by atoms with Gasteiger partial charge in [0.2, 0.25) is 15.9 Å². The lowest BCUT2D eigenvalue weighted by atomic mass is 9.83. The number of fused-ring (bicyclic) bond motifs is 1. The Hall–Kier alpha value is -2.33. The number of nitrogens with zero attached hydrogens (tertiary/aromatic N) is 2. The van der Waals surface area contributed by atoms with Crippen LogP contribution in [0.5, 0.6) is 5.75 Å². The number of ether oxygens (including phenoxy) is 2. The number of hydrogen-bond donors (Lipinski definition) is 1. The molecule has 10 heteroatoms. The van der Waals surface area contributed by atoms with Crippen LogP contribution in [-0.4, -0.2) is 82.3 Å². The Labute approximate surface area is 196 Å². The zero-order valence-corrected chi connectivity index (χ0v) is 20.9. The van der Waals surface area contributed by atoms with Crippen molar-refractivity contribution < 1.29 is 27.5 Å². The van der Waals surface area contributed by atoms with Crippen molar-refractivity contribution >= 4 is 27.5 Å². The smallest absolute Gasteiger partial charge is 0.257 e. The molecule has 2 amide bonds. The molecule has 1 aliphatic heterocycles. The minimum Gasteiger partial charge on any atom is -0.491 e. The number of rotatable bonds is 4. The number of anilines is 1. The summed E-state index contributed by atoms with van der Waals surface area (Å²) in [5.74, 6) is 0.215. The molecule has 1 aromatic carbocycles. The van der Waals surface area contributed by atoms with Gasteiger partial charge in [-0.05, 0) is 31.9 Å². The summed E-state index contributed by atoms with van der Waals surface area (Å²) in [5.41, 5.74) is 0.626. The number of sulfonamides is 1. The molecule has 0 bridgehead atoms. The zero-order chi connectivity index (χ0) is 24.3. The van der Waals surface area contributed by atoms with Crippen molar-refractivity contribution in [3.63, 3.8) is 0 Å². The molecule has 1 heterocycles. The van der Waals surface area contributed by atoms with Gasteiger partial charge in [0.15, 0.2) is 0 Å². The number of nitrogens with one attached hydrogen (secondary N) is 1. The van der Waals surface area contributed by atoms with Gasteiger partial charge in [-0.2, -0.15) is 0 Å². The quantitative estimate of drug-likeness (QED) is 0.707. The standard InChI is InChI=1S/C23H35N3O6S/c1-15-12-26(22(27)17-7-6-8-17)16(2)14-32-20-11-18(24-33(5,29)30)9-10-19(20)23(28)25(3)13-21(15)31-4/h9-11,15-17,21,24H,6-8,12-14H2,1-5H3/t15-,16+,21-/m0/s1. The van der Waals surface area contributed by atoms with E-state index in [1.807, 2.05) is 18.7 Å². The molecular weight excluding hydrogens is 446 g/mol. The first kappa shape index (κ1) is 25.3. The molecule has 184 valence electrons. The summed E-state index contributed by atoms with van der Waals surface area (Å²) >= 11 is 0. The molecule has 3 rings (SSSR count). The van der Waals surface area contributed by atoms with Crippen molar-refractivity contribution in [3.8, 4) is 5.75 Å². The van der Waals surface area contributed by atoms with Crippen molar-refractivity contribution in [2.75, 3.05) is 44.8 Å². The fourth-order valence-corrected chi connectivity index (χ4v) is 4.80. The van der Waals surface area contributed by atoms with E-state index in [-0.39, 0.29) is 48.2 Å². The minimum atomic E-state index is -3.49. The van der Waals surface area contributed by atoms with Crippen molar-refractivity contribution in [3.05, 3.63) is 23.8 Å². The summed E-state index contributed by atoms with van der Waals surface area (Å²) in [6.45, 7) is 4.99. The molecule has 1 fully saturated rings. The molecule has 33 heavy (non-hydrogen) atoms. The molecule has 0 unspecified atom stereocenters. The average Bonchev–Trinajstić information content (AvgIpc) is 2.70. The molecular formula is C23H35N3O6S. The van der Waals surface area contributed by atoms with E-state index in [9.17, 15) is 18.0 Å². The van der Waals surface area contributed by atoms with E-state index in [1.54, 1.807) is 25.1 Å². The molecule has 1 aliphatic carbocycles. The third kappa shape index (κ3) is 6.17. The van der Waals surface area contributed by atoms with Crippen LogP contribution in [0.2, 0.25) is 0 Å². The van der Waals surface area contributed by atoms with Crippen LogP contribution in [0, 0.1) is 11.8 Å². The first-order chi connectivity index (χ1) is 15.5. The van der Waals surface area contributed by atoms with Crippen molar-refractivity contribution in [1.29, 1.82) is 0 Å². The maximum Gasteiger partial charge on any atom is 0.257 e. The largest absolute Gasteiger partial charge is 0.491 e. The first-order valence-electron chi connectivity index (χ1n) is 11.3. The molecule has 9 nitrogen and oxygen atoms in total. The summed E-state index contributed by atoms with van der Waals surface area (Å²) in [4.78, 5) is 29.9. The van der Waals surface area contributed by atoms with E-state index >= 15 is 0 Å². The van der Waals surface area contributed by atoms with E-state index < -0.39 is 10.0 Å². The molecule has 0 aromatic heterocycles. The molecule has 0 radical (unpaired) electrons. The summed E-state index contributed by atoms with van der Waals surface area (Å²) < 4.78 is 37.5. The summed E-state index contributed by atoms with van der Waals surface area (Å²) in [5, 5.41) is 0. The molecule has 2 aliphatic rings. The van der Waals surface area contributed by atoms with Crippen molar-refractivity contribution in [2.45, 2.75) is 45.3 Å². The number of amides is 2. The lowest BCUT2D eigenvalue weighted by molar-refractivity contribution is -0.142. The van der Waals surface area contributed by atoms with Gasteiger partial charge < -0.3 is 19.3 Å². The van der Waals surface area contributed by atoms with E-state index in [0.717, 1.165) is 25.5 Å². The van der Waals surface area contributed by atoms with Gasteiger partial charge in [0.1, 0.15) is 12.4 Å². The Bertz CT molecular complexity index is 978. The van der Waals surface area contributed by atoms with Crippen molar-refractivity contribution in [2.24, 2.45) is 11.8 Å². The normalized spacial score (nSPS) is 25.2. The minimum absolute atomic E-state index is 0.0111. The molecule has 3 atom stereocenters. The van der Waals surface area contributed by atoms with Gasteiger partial charge in [0, 0.05) is 45.1 Å². The van der Waals surface area contributed by atoms with Crippen LogP contribution in [-0.2, 0) is 19.6 Å². The van der Waals surface area contributed by atoms with Gasteiger partial charge in [-0.15, -0.1) is 0 Å². The van der Waals surface area contributed by atoms with Gasteiger partial charge in [0.05, 0.1) is 29.7 Å². The Morgan fingerprint density at radius 3 is 2.48 bits per heavy atom. The fraction of sp³-hybridized carbons (Fsp3) is 0.652. The van der Waals surface area contributed by atoms with Crippen LogP contribution < -0.4 is 9.46 Å². The van der Waals surface area contributed by atoms with Gasteiger partial charge in [0.25, 0.3) is 5.91 Å². The van der Waals surface area contributed by atoms with Crippen LogP contribution >= 0.6 is 0 Å². The highest BCUT2D eigenvalue weighted by molar-refractivity contribution is 7.92. The number of benzene rings is 1. The lowest BCUT2D eigenvalue weighted by Crippen LogP contribution is -2.51. The number of likely N-dealkylation sites (N-methyl/N-ethyl adjacent to an activating group) is 1. The van der Waals surface area contributed by atoms with Gasteiger partial charge in [-0.25, -0.2) is 8.42 Å². The van der Waals surface area contributed by atoms with Crippen LogP contribution in [0.25, 0.3) is 0 Å². The van der Waals surface area contributed by atoms with Crippen LogP contribution in [0.4, 0.5) is 5.69 Å². The number of hydrogen-bond acceptors (Lipinski definition) is 6. The maximum atomic E-state index is 13.2. The maximum absolute atomic E-state index is 13.2. The SMILES string of the molecule is CO[C@H]1CN(C)C(=O)c2ccc(NS(C)(=O)=O)cc2OC[C@@H](C)N(C(=O)C2CCC2)C[C@@H]1C. The second-order valence-electron chi connectivity index (χ2n) is 9.30. The average molecular weight is 482 g/mol. The third-order valence-corrected chi connectivity index (χ3v) is 7.09. The Morgan fingerprint density at radius 2 is 1.91 bits per heavy atom. The zero-order valence-electron chi connectivity index (χ0n) is 20.0. The predicted octanol–water partition coefficient (Wildman–Crippen LogP) is 2.19. The van der Waals surface area contributed by atoms with Gasteiger partial charge >= 0.3 is 0 Å².